The highest BCUT2D eigenvalue weighted by Crippen LogP contribution is 2.31. The number of para-hydroxylation sites is 1. The van der Waals surface area contributed by atoms with Gasteiger partial charge in [-0.05, 0) is 23.8 Å². The Bertz CT molecular complexity index is 752. The number of ether oxygens (including phenoxy) is 2. The molecule has 0 amide bonds. The van der Waals surface area contributed by atoms with Crippen LogP contribution in [-0.2, 0) is 6.54 Å². The van der Waals surface area contributed by atoms with Crippen molar-refractivity contribution in [2.45, 2.75) is 19.0 Å². The number of fused-ring (bicyclic) bond motifs is 1. The van der Waals surface area contributed by atoms with E-state index in [1.54, 1.807) is 12.1 Å². The van der Waals surface area contributed by atoms with Crippen LogP contribution in [0.15, 0.2) is 47.5 Å². The summed E-state index contributed by atoms with van der Waals surface area (Å²) >= 11 is 0. The van der Waals surface area contributed by atoms with Crippen LogP contribution in [0, 0.1) is 0 Å². The fourth-order valence-electron chi connectivity index (χ4n) is 2.73. The Balaban J connectivity index is 0.00000225. The van der Waals surface area contributed by atoms with Gasteiger partial charge in [0.2, 0.25) is 0 Å². The summed E-state index contributed by atoms with van der Waals surface area (Å²) in [5.74, 6) is 1.78. The lowest BCUT2D eigenvalue weighted by molar-refractivity contribution is 0.262. The summed E-state index contributed by atoms with van der Waals surface area (Å²) in [6.07, 6.45) is 0.830. The molecule has 1 aliphatic heterocycles. The van der Waals surface area contributed by atoms with Gasteiger partial charge in [0.25, 0.3) is 0 Å². The Hall–Kier alpha value is -2.16. The van der Waals surface area contributed by atoms with E-state index in [2.05, 4.69) is 10.3 Å². The molecule has 1 atom stereocenters. The largest absolute Gasteiger partial charge is 0.504 e. The number of aromatic hydroxyl groups is 1. The number of nitrogens with one attached hydrogen (secondary N) is 1. The third kappa shape index (κ3) is 4.68. The lowest BCUT2D eigenvalue weighted by atomic mass is 10.0. The molecule has 0 radical (unpaired) electrons. The average Bonchev–Trinajstić information content (AvgIpc) is 2.60. The van der Waals surface area contributed by atoms with Crippen LogP contribution < -0.4 is 20.5 Å². The molecule has 0 fully saturated rings. The third-order valence-corrected chi connectivity index (χ3v) is 3.96. The molecule has 1 aliphatic rings. The molecule has 0 bridgehead atoms. The van der Waals surface area contributed by atoms with E-state index < -0.39 is 0 Å². The van der Waals surface area contributed by atoms with Gasteiger partial charge in [-0.2, -0.15) is 0 Å². The van der Waals surface area contributed by atoms with E-state index in [4.69, 9.17) is 15.2 Å². The number of aliphatic imine (C=N–C) groups is 1. The molecule has 2 aromatic rings. The minimum absolute atomic E-state index is 0. The van der Waals surface area contributed by atoms with Crippen LogP contribution in [0.1, 0.15) is 23.6 Å². The van der Waals surface area contributed by atoms with Crippen LogP contribution >= 0.6 is 24.0 Å². The topological polar surface area (TPSA) is 89.1 Å². The number of hydrogen-bond donors (Lipinski definition) is 3. The van der Waals surface area contributed by atoms with Gasteiger partial charge in [0.15, 0.2) is 17.5 Å². The van der Waals surface area contributed by atoms with Crippen LogP contribution in [0.3, 0.4) is 0 Å². The average molecular weight is 455 g/mol. The van der Waals surface area contributed by atoms with Crippen molar-refractivity contribution in [1.29, 1.82) is 0 Å². The van der Waals surface area contributed by atoms with Crippen molar-refractivity contribution in [3.05, 3.63) is 53.6 Å². The Morgan fingerprint density at radius 2 is 2.16 bits per heavy atom. The fourth-order valence-corrected chi connectivity index (χ4v) is 2.73. The van der Waals surface area contributed by atoms with Gasteiger partial charge in [-0.25, -0.2) is 4.99 Å². The number of phenolic OH excluding ortho intramolecular Hbond substituents is 1. The van der Waals surface area contributed by atoms with Gasteiger partial charge in [0, 0.05) is 12.0 Å². The Kier molecular flexibility index (Phi) is 6.74. The standard InChI is InChI=1S/C18H21N3O3.HI/c1-23-17-7-6-12(10-15(17)22)11-20-18(19)21-14-8-9-24-16-5-3-2-4-13(14)16;/h2-7,10,14,22H,8-9,11H2,1H3,(H3,19,20,21);1H. The van der Waals surface area contributed by atoms with Crippen molar-refractivity contribution in [1.82, 2.24) is 5.32 Å². The summed E-state index contributed by atoms with van der Waals surface area (Å²) in [6, 6.07) is 13.2. The number of hydrogen-bond acceptors (Lipinski definition) is 4. The number of nitrogens with zero attached hydrogens (tertiary/aromatic N) is 1. The molecular weight excluding hydrogens is 433 g/mol. The van der Waals surface area contributed by atoms with E-state index in [0.29, 0.717) is 24.9 Å². The predicted octanol–water partition coefficient (Wildman–Crippen LogP) is 2.95. The number of halogens is 1. The maximum absolute atomic E-state index is 9.79. The first-order chi connectivity index (χ1) is 11.7. The Labute approximate surface area is 164 Å². The van der Waals surface area contributed by atoms with Crippen molar-refractivity contribution >= 4 is 29.9 Å². The lowest BCUT2D eigenvalue weighted by Crippen LogP contribution is -2.37. The first kappa shape index (κ1) is 19.2. The molecule has 3 rings (SSSR count). The zero-order chi connectivity index (χ0) is 16.9. The summed E-state index contributed by atoms with van der Waals surface area (Å²) in [5.41, 5.74) is 7.95. The van der Waals surface area contributed by atoms with Crippen LogP contribution in [0.4, 0.5) is 0 Å². The van der Waals surface area contributed by atoms with E-state index in [1.165, 1.54) is 7.11 Å². The molecule has 1 heterocycles. The first-order valence-electron chi connectivity index (χ1n) is 7.81. The molecule has 2 aromatic carbocycles. The Morgan fingerprint density at radius 1 is 1.36 bits per heavy atom. The molecule has 134 valence electrons. The molecule has 6 nitrogen and oxygen atoms in total. The highest BCUT2D eigenvalue weighted by Gasteiger charge is 2.21. The number of methoxy groups -OCH3 is 1. The van der Waals surface area contributed by atoms with E-state index in [0.717, 1.165) is 23.3 Å². The summed E-state index contributed by atoms with van der Waals surface area (Å²) in [7, 11) is 1.51. The third-order valence-electron chi connectivity index (χ3n) is 3.96. The van der Waals surface area contributed by atoms with Crippen LogP contribution in [0.5, 0.6) is 17.2 Å². The zero-order valence-corrected chi connectivity index (χ0v) is 16.3. The number of phenols is 1. The second kappa shape index (κ2) is 8.80. The second-order valence-electron chi connectivity index (χ2n) is 5.58. The van der Waals surface area contributed by atoms with E-state index in [-0.39, 0.29) is 35.8 Å². The monoisotopic (exact) mass is 455 g/mol. The summed E-state index contributed by atoms with van der Waals surface area (Å²) in [4.78, 5) is 4.35. The quantitative estimate of drug-likeness (QED) is 0.375. The van der Waals surface area contributed by atoms with Gasteiger partial charge in [0.1, 0.15) is 5.75 Å². The summed E-state index contributed by atoms with van der Waals surface area (Å²) < 4.78 is 10.7. The van der Waals surface area contributed by atoms with Crippen molar-refractivity contribution in [3.8, 4) is 17.2 Å². The minimum Gasteiger partial charge on any atom is -0.504 e. The smallest absolute Gasteiger partial charge is 0.189 e. The normalized spacial score (nSPS) is 16.2. The zero-order valence-electron chi connectivity index (χ0n) is 13.9. The SMILES string of the molecule is COc1ccc(CN=C(N)NC2CCOc3ccccc32)cc1O.I. The van der Waals surface area contributed by atoms with E-state index >= 15 is 0 Å². The highest BCUT2D eigenvalue weighted by atomic mass is 127. The molecule has 7 heteroatoms. The molecule has 25 heavy (non-hydrogen) atoms. The maximum atomic E-state index is 9.79. The minimum atomic E-state index is 0. The van der Waals surface area contributed by atoms with E-state index in [9.17, 15) is 5.11 Å². The molecule has 0 saturated carbocycles. The van der Waals surface area contributed by atoms with Gasteiger partial charge >= 0.3 is 0 Å². The molecule has 0 saturated heterocycles. The number of benzene rings is 2. The van der Waals surface area contributed by atoms with Gasteiger partial charge < -0.3 is 25.6 Å². The van der Waals surface area contributed by atoms with Gasteiger partial charge in [-0.15, -0.1) is 24.0 Å². The molecule has 0 aliphatic carbocycles. The van der Waals surface area contributed by atoms with Gasteiger partial charge in [0.05, 0.1) is 26.3 Å². The van der Waals surface area contributed by atoms with Crippen LogP contribution in [0.25, 0.3) is 0 Å². The number of rotatable bonds is 4. The predicted molar refractivity (Wildman–Crippen MR) is 108 cm³/mol. The highest BCUT2D eigenvalue weighted by molar-refractivity contribution is 14.0. The lowest BCUT2D eigenvalue weighted by Gasteiger charge is -2.26. The number of guanidine groups is 1. The van der Waals surface area contributed by atoms with Crippen LogP contribution in [0.2, 0.25) is 0 Å². The van der Waals surface area contributed by atoms with Crippen molar-refractivity contribution < 1.29 is 14.6 Å². The van der Waals surface area contributed by atoms with Crippen molar-refractivity contribution in [2.24, 2.45) is 10.7 Å². The number of nitrogens with two attached hydrogens (primary N) is 1. The summed E-state index contributed by atoms with van der Waals surface area (Å²) in [5, 5.41) is 13.0. The van der Waals surface area contributed by atoms with Crippen LogP contribution in [-0.4, -0.2) is 24.8 Å². The second-order valence-corrected chi connectivity index (χ2v) is 5.58. The molecule has 0 spiro atoms. The van der Waals surface area contributed by atoms with Gasteiger partial charge in [-0.3, -0.25) is 0 Å². The molecule has 1 unspecified atom stereocenters. The first-order valence-corrected chi connectivity index (χ1v) is 7.81. The molecular formula is C18H22IN3O3. The van der Waals surface area contributed by atoms with E-state index in [1.807, 2.05) is 30.3 Å². The van der Waals surface area contributed by atoms with Crippen molar-refractivity contribution in [3.63, 3.8) is 0 Å². The molecule has 4 N–H and O–H groups in total. The maximum Gasteiger partial charge on any atom is 0.189 e. The van der Waals surface area contributed by atoms with Gasteiger partial charge in [-0.1, -0.05) is 24.3 Å². The molecule has 0 aromatic heterocycles. The fraction of sp³-hybridized carbons (Fsp3) is 0.278. The van der Waals surface area contributed by atoms with Crippen molar-refractivity contribution in [2.75, 3.05) is 13.7 Å². The Morgan fingerprint density at radius 3 is 2.92 bits per heavy atom. The summed E-state index contributed by atoms with van der Waals surface area (Å²) in [6.45, 7) is 1.02.